The zero-order valence-corrected chi connectivity index (χ0v) is 45.8. The summed E-state index contributed by atoms with van der Waals surface area (Å²) in [7, 11) is 1.50. The third-order valence-electron chi connectivity index (χ3n) is 12.3. The number of esters is 3. The molecular formula is C63H96O13. The van der Waals surface area contributed by atoms with Gasteiger partial charge in [0.05, 0.1) is 39.5 Å². The molecule has 2 atom stereocenters. The Morgan fingerprint density at radius 3 is 1.43 bits per heavy atom. The van der Waals surface area contributed by atoms with Crippen molar-refractivity contribution < 1.29 is 62.1 Å². The van der Waals surface area contributed by atoms with Crippen LogP contribution in [0.3, 0.4) is 0 Å². The number of aliphatic hydroxyl groups excluding tert-OH is 1. The molecule has 0 fully saturated rings. The van der Waals surface area contributed by atoms with Crippen LogP contribution in [0.25, 0.3) is 12.2 Å². The third kappa shape index (κ3) is 25.7. The summed E-state index contributed by atoms with van der Waals surface area (Å²) in [6, 6.07) is 13.6. The first-order valence-electron chi connectivity index (χ1n) is 27.4. The predicted octanol–water partition coefficient (Wildman–Crippen LogP) is 16.1. The smallest absolute Gasteiger partial charge is 0.336 e. The number of ether oxygens (including phenoxy) is 9. The summed E-state index contributed by atoms with van der Waals surface area (Å²) in [5.74, 6) is 0.752. The quantitative estimate of drug-likeness (QED) is 0.0189. The molecule has 3 aromatic rings. The van der Waals surface area contributed by atoms with E-state index in [4.69, 9.17) is 42.6 Å². The van der Waals surface area contributed by atoms with Crippen LogP contribution in [0.15, 0.2) is 73.2 Å². The topological polar surface area (TPSA) is 155 Å². The lowest BCUT2D eigenvalue weighted by Gasteiger charge is -2.25. The predicted molar refractivity (Wildman–Crippen MR) is 306 cm³/mol. The fraction of sp³-hybridized carbons (Fsp3) is 0.571. The number of rotatable bonds is 41. The fourth-order valence-electron chi connectivity index (χ4n) is 7.65. The van der Waals surface area contributed by atoms with Crippen LogP contribution in [0, 0.1) is 5.92 Å². The highest BCUT2D eigenvalue weighted by atomic mass is 16.7. The van der Waals surface area contributed by atoms with Crippen LogP contribution in [0.1, 0.15) is 207 Å². The Bertz CT molecular complexity index is 2140. The molecule has 0 saturated carbocycles. The van der Waals surface area contributed by atoms with Crippen molar-refractivity contribution in [1.82, 2.24) is 0 Å². The van der Waals surface area contributed by atoms with Gasteiger partial charge in [0.25, 0.3) is 5.95 Å². The van der Waals surface area contributed by atoms with E-state index in [2.05, 4.69) is 34.3 Å². The van der Waals surface area contributed by atoms with Gasteiger partial charge in [-0.05, 0) is 87.9 Å². The third-order valence-corrected chi connectivity index (χ3v) is 12.3. The Morgan fingerprint density at radius 1 is 0.566 bits per heavy atom. The number of carbonyl (C=O) groups excluding carboxylic acids is 3. The largest absolute Gasteiger partial charge is 0.489 e. The number of methoxy groups -OCH3 is 1. The number of carbonyl (C=O) groups is 3. The van der Waals surface area contributed by atoms with Gasteiger partial charge >= 0.3 is 17.9 Å². The lowest BCUT2D eigenvalue weighted by molar-refractivity contribution is -0.154. The normalized spacial score (nSPS) is 11.7. The molecule has 0 spiro atoms. The molecule has 13 heteroatoms. The number of hydrogen-bond donors (Lipinski definition) is 1. The van der Waals surface area contributed by atoms with Gasteiger partial charge in [0.2, 0.25) is 0 Å². The SMILES string of the molecule is C.C.C=C(OC)OCc1ccc(/C=C/C(=O)Oc2ccc(OC(=O)/C=C/c3ccc(C(CCCO)OC(=O)C(C)CC)c(OCCCCCC)c3OCCCCCC)cc2)c(OCCCCCC)c1OCCCCCC. The Hall–Kier alpha value is -5.95. The minimum absolute atomic E-state index is 0. The lowest BCUT2D eigenvalue weighted by atomic mass is 9.99. The van der Waals surface area contributed by atoms with E-state index in [0.717, 1.165) is 108 Å². The molecule has 0 aromatic heterocycles. The summed E-state index contributed by atoms with van der Waals surface area (Å²) in [5.41, 5.74) is 2.64. The van der Waals surface area contributed by atoms with E-state index < -0.39 is 18.0 Å². The molecule has 0 saturated heterocycles. The summed E-state index contributed by atoms with van der Waals surface area (Å²) in [6.07, 6.45) is 22.8. The molecule has 2 unspecified atom stereocenters. The molecule has 0 radical (unpaired) electrons. The molecule has 1 N–H and O–H groups in total. The zero-order chi connectivity index (χ0) is 53.8. The van der Waals surface area contributed by atoms with Crippen molar-refractivity contribution in [3.63, 3.8) is 0 Å². The second-order valence-corrected chi connectivity index (χ2v) is 18.5. The average Bonchev–Trinajstić information content (AvgIpc) is 3.40. The second kappa shape index (κ2) is 41.2. The van der Waals surface area contributed by atoms with E-state index in [9.17, 15) is 19.5 Å². The highest BCUT2D eigenvalue weighted by Gasteiger charge is 2.27. The van der Waals surface area contributed by atoms with E-state index in [1.54, 1.807) is 36.4 Å². The Balaban J connectivity index is 0.0000144. The van der Waals surface area contributed by atoms with E-state index in [-0.39, 0.29) is 57.4 Å². The summed E-state index contributed by atoms with van der Waals surface area (Å²) in [5, 5.41) is 9.80. The number of unbranched alkanes of at least 4 members (excludes halogenated alkanes) is 12. The first kappa shape index (κ1) is 68.1. The van der Waals surface area contributed by atoms with Crippen LogP contribution in [0.5, 0.6) is 34.5 Å². The molecular weight excluding hydrogens is 965 g/mol. The molecule has 0 bridgehead atoms. The van der Waals surface area contributed by atoms with Gasteiger partial charge in [-0.1, -0.05) is 158 Å². The molecule has 426 valence electrons. The minimum atomic E-state index is -0.681. The van der Waals surface area contributed by atoms with Crippen molar-refractivity contribution in [3.05, 3.63) is 95.5 Å². The van der Waals surface area contributed by atoms with E-state index in [1.165, 1.54) is 19.3 Å². The molecule has 0 amide bonds. The van der Waals surface area contributed by atoms with Gasteiger partial charge in [0.15, 0.2) is 23.0 Å². The number of aliphatic hydroxyl groups is 1. The van der Waals surface area contributed by atoms with Gasteiger partial charge in [-0.3, -0.25) is 4.79 Å². The van der Waals surface area contributed by atoms with Gasteiger partial charge in [-0.2, -0.15) is 0 Å². The van der Waals surface area contributed by atoms with Gasteiger partial charge in [-0.25, -0.2) is 9.59 Å². The minimum Gasteiger partial charge on any atom is -0.489 e. The monoisotopic (exact) mass is 1060 g/mol. The molecule has 3 aromatic carbocycles. The fourth-order valence-corrected chi connectivity index (χ4v) is 7.65. The highest BCUT2D eigenvalue weighted by Crippen LogP contribution is 2.43. The van der Waals surface area contributed by atoms with Crippen molar-refractivity contribution in [1.29, 1.82) is 0 Å². The highest BCUT2D eigenvalue weighted by molar-refractivity contribution is 5.90. The zero-order valence-electron chi connectivity index (χ0n) is 45.8. The van der Waals surface area contributed by atoms with Gasteiger partial charge in [-0.15, -0.1) is 0 Å². The van der Waals surface area contributed by atoms with Crippen LogP contribution in [-0.2, 0) is 35.2 Å². The second-order valence-electron chi connectivity index (χ2n) is 18.5. The van der Waals surface area contributed by atoms with E-state index >= 15 is 0 Å². The Kier molecular flexibility index (Phi) is 36.9. The van der Waals surface area contributed by atoms with Crippen molar-refractivity contribution >= 4 is 30.1 Å². The average molecular weight is 1060 g/mol. The Labute approximate surface area is 457 Å². The number of benzene rings is 3. The van der Waals surface area contributed by atoms with Crippen molar-refractivity contribution in [2.75, 3.05) is 40.1 Å². The summed E-state index contributed by atoms with van der Waals surface area (Å²) in [4.78, 5) is 39.7. The molecule has 13 nitrogen and oxygen atoms in total. The molecule has 0 aliphatic heterocycles. The molecule has 76 heavy (non-hydrogen) atoms. The van der Waals surface area contributed by atoms with Crippen LogP contribution in [0.2, 0.25) is 0 Å². The maximum atomic E-state index is 13.3. The van der Waals surface area contributed by atoms with Gasteiger partial charge in [0.1, 0.15) is 24.2 Å². The summed E-state index contributed by atoms with van der Waals surface area (Å²) < 4.78 is 54.1. The van der Waals surface area contributed by atoms with Crippen LogP contribution >= 0.6 is 0 Å². The van der Waals surface area contributed by atoms with E-state index in [1.807, 2.05) is 38.1 Å². The molecule has 0 aliphatic carbocycles. The van der Waals surface area contributed by atoms with Crippen molar-refractivity contribution in [2.24, 2.45) is 5.92 Å². The van der Waals surface area contributed by atoms with Crippen molar-refractivity contribution in [2.45, 2.75) is 191 Å². The van der Waals surface area contributed by atoms with Crippen LogP contribution in [-0.4, -0.2) is 63.2 Å². The van der Waals surface area contributed by atoms with Gasteiger partial charge in [0, 0.05) is 41.0 Å². The first-order chi connectivity index (χ1) is 36.0. The summed E-state index contributed by atoms with van der Waals surface area (Å²) >= 11 is 0. The van der Waals surface area contributed by atoms with Crippen LogP contribution < -0.4 is 28.4 Å². The van der Waals surface area contributed by atoms with Crippen molar-refractivity contribution in [3.8, 4) is 34.5 Å². The van der Waals surface area contributed by atoms with E-state index in [0.29, 0.717) is 85.4 Å². The maximum Gasteiger partial charge on any atom is 0.336 e. The first-order valence-corrected chi connectivity index (χ1v) is 27.4. The molecule has 3 rings (SSSR count). The molecule has 0 heterocycles. The lowest BCUT2D eigenvalue weighted by Crippen LogP contribution is -2.19. The molecule has 0 aliphatic rings. The maximum absolute atomic E-state index is 13.3. The standard InChI is InChI=1S/C61H88O13.2CH4/c1-9-14-18-22-41-67-57-48(28-29-50(45-71-47(7)66-8)59(57)69-43-24-20-16-11-3)31-38-55(63)72-51-33-35-52(36-34-51)73-56(64)39-32-49-30-37-53(54(27-26-40-62)74-61(65)46(6)13-5)60(70-44-25-21-17-12-4)58(49)68-42-23-19-15-10-2;;/h28-39,46,54,62H,7,9-27,40-45H2,1-6,8H3;2*1H4/b38-31+,39-32+;;. The Morgan fingerprint density at radius 2 is 1.00 bits per heavy atom. The van der Waals surface area contributed by atoms with Gasteiger partial charge < -0.3 is 47.7 Å². The van der Waals surface area contributed by atoms with Crippen LogP contribution in [0.4, 0.5) is 0 Å². The number of hydrogen-bond acceptors (Lipinski definition) is 13. The summed E-state index contributed by atoms with van der Waals surface area (Å²) in [6.45, 7) is 18.1.